The van der Waals surface area contributed by atoms with Gasteiger partial charge in [-0.05, 0) is 0 Å². The second kappa shape index (κ2) is 11.8. The summed E-state index contributed by atoms with van der Waals surface area (Å²) in [6, 6.07) is 20.9. The first kappa shape index (κ1) is 32.7. The van der Waals surface area contributed by atoms with Gasteiger partial charge < -0.3 is 9.97 Å². The van der Waals surface area contributed by atoms with Gasteiger partial charge in [-0.15, -0.1) is 0 Å². The Hall–Kier alpha value is -7.54. The van der Waals surface area contributed by atoms with Gasteiger partial charge in [0, 0.05) is 33.0 Å². The summed E-state index contributed by atoms with van der Waals surface area (Å²) in [6.45, 7) is 0. The molecular weight excluding hydrogens is 746 g/mol. The largest absolute Gasteiger partial charge is 2.00 e. The molecule has 2 aliphatic heterocycles. The molecular formula is C32H14N12O8Zn+2. The Bertz CT molecular complexity index is 2820. The molecule has 0 radical (unpaired) electrons. The second-order valence-corrected chi connectivity index (χ2v) is 11.4. The molecule has 250 valence electrons. The van der Waals surface area contributed by atoms with Crippen LogP contribution in [0.2, 0.25) is 0 Å². The number of fused-ring (bicyclic) bond motifs is 20. The van der Waals surface area contributed by atoms with Gasteiger partial charge in [0.1, 0.15) is 33.4 Å². The van der Waals surface area contributed by atoms with E-state index in [1.54, 1.807) is 48.5 Å². The van der Waals surface area contributed by atoms with E-state index < -0.39 is 64.5 Å². The number of nitro benzene ring substituents is 4. The molecule has 4 aromatic carbocycles. The van der Waals surface area contributed by atoms with Crippen molar-refractivity contribution in [2.24, 2.45) is 0 Å². The molecule has 0 aliphatic carbocycles. The molecule has 20 nitrogen and oxygen atoms in total. The Morgan fingerprint density at radius 2 is 0.679 bits per heavy atom. The number of hydrogen-bond acceptors (Lipinski definition) is 14. The molecule has 7 aromatic rings. The summed E-state index contributed by atoms with van der Waals surface area (Å²) in [5.74, 6) is 0.187. The molecule has 0 fully saturated rings. The van der Waals surface area contributed by atoms with E-state index in [1.165, 1.54) is 0 Å². The summed E-state index contributed by atoms with van der Waals surface area (Å²) in [6.07, 6.45) is 0. The summed E-state index contributed by atoms with van der Waals surface area (Å²) in [4.78, 5) is 78.3. The van der Waals surface area contributed by atoms with Crippen molar-refractivity contribution in [3.05, 3.63) is 113 Å². The zero-order chi connectivity index (χ0) is 36.0. The minimum absolute atomic E-state index is 0. The van der Waals surface area contributed by atoms with Crippen LogP contribution in [0.1, 0.15) is 0 Å². The van der Waals surface area contributed by atoms with Crippen molar-refractivity contribution >= 4 is 66.9 Å². The summed E-state index contributed by atoms with van der Waals surface area (Å²) >= 11 is 0. The van der Waals surface area contributed by atoms with E-state index in [1.807, 2.05) is 24.3 Å². The number of hydrogen-bond donors (Lipinski definition) is 2. The molecule has 2 aliphatic rings. The molecule has 5 heterocycles. The molecule has 9 rings (SSSR count). The molecule has 53 heavy (non-hydrogen) atoms. The smallest absolute Gasteiger partial charge is 0.324 e. The van der Waals surface area contributed by atoms with Crippen LogP contribution in [0.15, 0.2) is 72.8 Å². The van der Waals surface area contributed by atoms with Gasteiger partial charge in [0.2, 0.25) is 0 Å². The van der Waals surface area contributed by atoms with Crippen molar-refractivity contribution in [1.29, 1.82) is 0 Å². The summed E-state index contributed by atoms with van der Waals surface area (Å²) in [5.41, 5.74) is -4.69. The van der Waals surface area contributed by atoms with Crippen LogP contribution in [0.3, 0.4) is 0 Å². The van der Waals surface area contributed by atoms with Crippen LogP contribution in [0, 0.1) is 40.5 Å². The molecule has 0 saturated heterocycles. The Morgan fingerprint density at radius 3 is 1.00 bits per heavy atom. The second-order valence-electron chi connectivity index (χ2n) is 11.4. The Labute approximate surface area is 304 Å². The van der Waals surface area contributed by atoms with Gasteiger partial charge in [-0.3, -0.25) is 40.5 Å². The zero-order valence-corrected chi connectivity index (χ0v) is 29.3. The SMILES string of the molecule is O=[N+]([O-])c1c([N+](=O)[O-])c([N+](=O)[O-])c2c3nc4nc(nc5[nH]c(nc6nc(nc([nH]3)c2c1[N+](=O)[O-])-c1ccccc1-6)c1ccccc51)-c1ccccc1-4.[Zn+2]. The molecule has 0 amide bonds. The molecule has 0 saturated carbocycles. The minimum Gasteiger partial charge on any atom is -0.324 e. The van der Waals surface area contributed by atoms with Crippen molar-refractivity contribution in [2.75, 3.05) is 0 Å². The number of nitrogens with zero attached hydrogens (tertiary/aromatic N) is 10. The third kappa shape index (κ3) is 4.78. The van der Waals surface area contributed by atoms with E-state index in [-0.39, 0.29) is 42.8 Å². The Balaban J connectivity index is 0.00000400. The number of nitrogens with one attached hydrogen (secondary N) is 2. The van der Waals surface area contributed by atoms with Crippen molar-refractivity contribution in [3.8, 4) is 45.6 Å². The van der Waals surface area contributed by atoms with Crippen LogP contribution < -0.4 is 0 Å². The van der Waals surface area contributed by atoms with Crippen molar-refractivity contribution in [1.82, 2.24) is 39.9 Å². The molecule has 0 unspecified atom stereocenters. The molecule has 2 N–H and O–H groups in total. The maximum atomic E-state index is 12.6. The molecule has 21 heteroatoms. The van der Waals surface area contributed by atoms with Crippen LogP contribution in [0.4, 0.5) is 22.7 Å². The first-order valence-electron chi connectivity index (χ1n) is 15.0. The van der Waals surface area contributed by atoms with Crippen LogP contribution in [-0.2, 0) is 19.5 Å². The standard InChI is InChI=1S/C32H14N12O8.Zn/c45-41(46)21-19-20(22(42(47)48)24(44(51)52)23(21)43(49)50)32-39-30-18-12-6-4-10-16(18)28(37-30)35-26-14-8-2-1-7-13(14)25(33-26)34-27-15-9-3-5-11-17(15)29(36-27)38-31(19)40-32;/h1-12H,(H2,33,34,35,36,37,38,39,40);/q;+2. The number of rotatable bonds is 4. The van der Waals surface area contributed by atoms with E-state index in [4.69, 9.17) is 9.97 Å². The monoisotopic (exact) mass is 758 g/mol. The fourth-order valence-corrected chi connectivity index (χ4v) is 6.54. The maximum absolute atomic E-state index is 12.6. The fourth-order valence-electron chi connectivity index (χ4n) is 6.54. The molecule has 3 aromatic heterocycles. The zero-order valence-electron chi connectivity index (χ0n) is 26.4. The van der Waals surface area contributed by atoms with Crippen molar-refractivity contribution in [2.45, 2.75) is 0 Å². The number of H-pyrrole nitrogens is 2. The minimum atomic E-state index is -1.70. The summed E-state index contributed by atoms with van der Waals surface area (Å²) in [7, 11) is 0. The van der Waals surface area contributed by atoms with Gasteiger partial charge in [-0.25, -0.2) is 29.9 Å². The fraction of sp³-hybridized carbons (Fsp3) is 0. The van der Waals surface area contributed by atoms with Crippen LogP contribution >= 0.6 is 0 Å². The topological polar surface area (TPSA) is 281 Å². The van der Waals surface area contributed by atoms with E-state index in [2.05, 4.69) is 29.9 Å². The maximum Gasteiger partial charge on any atom is 2.00 e. The quantitative estimate of drug-likeness (QED) is 0.110. The van der Waals surface area contributed by atoms with Crippen LogP contribution in [-0.4, -0.2) is 59.6 Å². The van der Waals surface area contributed by atoms with Gasteiger partial charge in [0.05, 0.1) is 19.7 Å². The van der Waals surface area contributed by atoms with Crippen LogP contribution in [0.25, 0.3) is 89.7 Å². The third-order valence-electron chi connectivity index (χ3n) is 8.62. The number of benzene rings is 4. The predicted molar refractivity (Wildman–Crippen MR) is 183 cm³/mol. The van der Waals surface area contributed by atoms with Crippen molar-refractivity contribution in [3.63, 3.8) is 0 Å². The van der Waals surface area contributed by atoms with E-state index in [0.29, 0.717) is 44.3 Å². The molecule has 8 bridgehead atoms. The van der Waals surface area contributed by atoms with Gasteiger partial charge in [-0.1, -0.05) is 72.8 Å². The van der Waals surface area contributed by atoms with Gasteiger partial charge in [-0.2, -0.15) is 0 Å². The number of aromatic amines is 2. The van der Waals surface area contributed by atoms with Gasteiger partial charge in [0.25, 0.3) is 0 Å². The Kier molecular flexibility index (Phi) is 7.25. The summed E-state index contributed by atoms with van der Waals surface area (Å²) in [5, 5.41) is 49.7. The van der Waals surface area contributed by atoms with Gasteiger partial charge >= 0.3 is 42.2 Å². The third-order valence-corrected chi connectivity index (χ3v) is 8.62. The molecule has 0 spiro atoms. The Morgan fingerprint density at radius 1 is 0.396 bits per heavy atom. The number of aromatic nitrogens is 8. The van der Waals surface area contributed by atoms with E-state index >= 15 is 0 Å². The predicted octanol–water partition coefficient (Wildman–Crippen LogP) is 6.50. The first-order chi connectivity index (χ1) is 25.1. The molecule has 0 atom stereocenters. The number of nitro groups is 4. The van der Waals surface area contributed by atoms with Crippen molar-refractivity contribution < 1.29 is 39.2 Å². The normalized spacial score (nSPS) is 11.5. The van der Waals surface area contributed by atoms with Crippen LogP contribution in [0.5, 0.6) is 0 Å². The van der Waals surface area contributed by atoms with E-state index in [9.17, 15) is 40.5 Å². The van der Waals surface area contributed by atoms with Gasteiger partial charge in [0.15, 0.2) is 23.3 Å². The first-order valence-corrected chi connectivity index (χ1v) is 15.0. The average molecular weight is 760 g/mol. The van der Waals surface area contributed by atoms with E-state index in [0.717, 1.165) is 0 Å². The summed E-state index contributed by atoms with van der Waals surface area (Å²) < 4.78 is 0. The average Bonchev–Trinajstić information content (AvgIpc) is 3.86.